The first-order chi connectivity index (χ1) is 11.8. The van der Waals surface area contributed by atoms with Crippen molar-refractivity contribution in [3.63, 3.8) is 0 Å². The first-order valence-corrected chi connectivity index (χ1v) is 9.88. The zero-order valence-electron chi connectivity index (χ0n) is 14.2. The van der Waals surface area contributed by atoms with Crippen LogP contribution in [0, 0.1) is 19.7 Å². The Kier molecular flexibility index (Phi) is 5.04. The third-order valence-corrected chi connectivity index (χ3v) is 6.83. The summed E-state index contributed by atoms with van der Waals surface area (Å²) in [6, 6.07) is 9.77. The molecule has 1 aliphatic rings. The fourth-order valence-electron chi connectivity index (χ4n) is 2.89. The summed E-state index contributed by atoms with van der Waals surface area (Å²) in [6.45, 7) is 5.43. The summed E-state index contributed by atoms with van der Waals surface area (Å²) in [5.41, 5.74) is 2.33. The number of halogens is 2. The molecular formula is C18H20ClFN2O2S. The van der Waals surface area contributed by atoms with Crippen molar-refractivity contribution in [1.82, 2.24) is 4.31 Å². The Morgan fingerprint density at radius 3 is 2.24 bits per heavy atom. The molecule has 1 heterocycles. The van der Waals surface area contributed by atoms with E-state index in [1.54, 1.807) is 6.92 Å². The van der Waals surface area contributed by atoms with Gasteiger partial charge < -0.3 is 4.90 Å². The highest BCUT2D eigenvalue weighted by Crippen LogP contribution is 2.26. The second kappa shape index (κ2) is 6.94. The fourth-order valence-corrected chi connectivity index (χ4v) is 4.57. The highest BCUT2D eigenvalue weighted by Gasteiger charge is 2.29. The molecule has 0 bridgehead atoms. The van der Waals surface area contributed by atoms with Gasteiger partial charge >= 0.3 is 0 Å². The van der Waals surface area contributed by atoms with Crippen LogP contribution in [-0.4, -0.2) is 38.9 Å². The van der Waals surface area contributed by atoms with Crippen molar-refractivity contribution >= 4 is 27.3 Å². The van der Waals surface area contributed by atoms with Gasteiger partial charge in [-0.1, -0.05) is 17.7 Å². The molecule has 0 unspecified atom stereocenters. The van der Waals surface area contributed by atoms with Gasteiger partial charge in [0.2, 0.25) is 10.0 Å². The van der Waals surface area contributed by atoms with E-state index in [4.69, 9.17) is 11.6 Å². The number of sulfonamides is 1. The Labute approximate surface area is 152 Å². The monoisotopic (exact) mass is 382 g/mol. The average Bonchev–Trinajstić information content (AvgIpc) is 2.60. The number of piperazine rings is 1. The molecule has 0 aromatic heterocycles. The molecule has 1 aliphatic heterocycles. The molecule has 0 N–H and O–H groups in total. The average molecular weight is 383 g/mol. The second-order valence-electron chi connectivity index (χ2n) is 6.24. The van der Waals surface area contributed by atoms with Crippen molar-refractivity contribution in [2.24, 2.45) is 0 Å². The normalized spacial score (nSPS) is 16.2. The summed E-state index contributed by atoms with van der Waals surface area (Å²) in [5, 5.41) is 0.703. The van der Waals surface area contributed by atoms with Gasteiger partial charge in [0.25, 0.3) is 0 Å². The van der Waals surface area contributed by atoms with Gasteiger partial charge in [0.15, 0.2) is 0 Å². The number of aryl methyl sites for hydroxylation is 2. The van der Waals surface area contributed by atoms with E-state index in [1.807, 2.05) is 25.1 Å². The molecule has 1 saturated heterocycles. The third-order valence-electron chi connectivity index (χ3n) is 4.53. The number of anilines is 1. The summed E-state index contributed by atoms with van der Waals surface area (Å²) < 4.78 is 40.4. The van der Waals surface area contributed by atoms with E-state index in [9.17, 15) is 12.8 Å². The molecule has 134 valence electrons. The molecular weight excluding hydrogens is 363 g/mol. The summed E-state index contributed by atoms with van der Waals surface area (Å²) in [5.74, 6) is -0.403. The Bertz CT molecular complexity index is 894. The zero-order chi connectivity index (χ0) is 18.2. The first kappa shape index (κ1) is 18.2. The van der Waals surface area contributed by atoms with Gasteiger partial charge in [-0.15, -0.1) is 0 Å². The summed E-state index contributed by atoms with van der Waals surface area (Å²) in [7, 11) is -3.61. The molecule has 25 heavy (non-hydrogen) atoms. The zero-order valence-corrected chi connectivity index (χ0v) is 15.7. The van der Waals surface area contributed by atoms with Crippen molar-refractivity contribution in [2.75, 3.05) is 31.1 Å². The van der Waals surface area contributed by atoms with Gasteiger partial charge in [-0.25, -0.2) is 12.8 Å². The summed E-state index contributed by atoms with van der Waals surface area (Å²) >= 11 is 6.18. The molecule has 0 radical (unpaired) electrons. The van der Waals surface area contributed by atoms with Gasteiger partial charge in [-0.05, 0) is 55.3 Å². The number of nitrogens with zero attached hydrogens (tertiary/aromatic N) is 2. The van der Waals surface area contributed by atoms with E-state index in [1.165, 1.54) is 22.5 Å². The van der Waals surface area contributed by atoms with E-state index in [0.29, 0.717) is 36.8 Å². The number of rotatable bonds is 3. The number of hydrogen-bond donors (Lipinski definition) is 0. The molecule has 3 rings (SSSR count). The van der Waals surface area contributed by atoms with Crippen molar-refractivity contribution in [1.29, 1.82) is 0 Å². The molecule has 7 heteroatoms. The van der Waals surface area contributed by atoms with Gasteiger partial charge in [0, 0.05) is 36.9 Å². The quantitative estimate of drug-likeness (QED) is 0.814. The topological polar surface area (TPSA) is 40.6 Å². The lowest BCUT2D eigenvalue weighted by atomic mass is 10.2. The van der Waals surface area contributed by atoms with Crippen molar-refractivity contribution < 1.29 is 12.8 Å². The number of hydrogen-bond acceptors (Lipinski definition) is 3. The molecule has 0 saturated carbocycles. The van der Waals surface area contributed by atoms with Crippen molar-refractivity contribution in [3.05, 3.63) is 58.4 Å². The van der Waals surface area contributed by atoms with Crippen LogP contribution in [0.25, 0.3) is 0 Å². The van der Waals surface area contributed by atoms with Crippen LogP contribution in [0.1, 0.15) is 11.1 Å². The minimum absolute atomic E-state index is 0.137. The van der Waals surface area contributed by atoms with Crippen molar-refractivity contribution in [3.8, 4) is 0 Å². The Balaban J connectivity index is 1.74. The van der Waals surface area contributed by atoms with Crippen LogP contribution in [0.4, 0.5) is 10.1 Å². The Morgan fingerprint density at radius 1 is 0.960 bits per heavy atom. The molecule has 1 fully saturated rings. The maximum absolute atomic E-state index is 13.4. The van der Waals surface area contributed by atoms with E-state index in [0.717, 1.165) is 11.3 Å². The molecule has 4 nitrogen and oxygen atoms in total. The number of benzene rings is 2. The Hall–Kier alpha value is -1.63. The Morgan fingerprint density at radius 2 is 1.64 bits per heavy atom. The molecule has 0 aliphatic carbocycles. The van der Waals surface area contributed by atoms with Crippen LogP contribution in [0.15, 0.2) is 41.3 Å². The second-order valence-corrected chi connectivity index (χ2v) is 8.58. The summed E-state index contributed by atoms with van der Waals surface area (Å²) in [6.07, 6.45) is 0. The minimum atomic E-state index is -3.61. The third kappa shape index (κ3) is 3.66. The van der Waals surface area contributed by atoms with Crippen LogP contribution in [0.2, 0.25) is 5.02 Å². The molecule has 0 atom stereocenters. The van der Waals surface area contributed by atoms with E-state index >= 15 is 0 Å². The van der Waals surface area contributed by atoms with Crippen molar-refractivity contribution in [2.45, 2.75) is 18.7 Å². The smallest absolute Gasteiger partial charge is 0.243 e. The minimum Gasteiger partial charge on any atom is -0.369 e. The van der Waals surface area contributed by atoms with Crippen LogP contribution >= 0.6 is 11.6 Å². The lowest BCUT2D eigenvalue weighted by molar-refractivity contribution is 0.385. The van der Waals surface area contributed by atoms with Crippen LogP contribution < -0.4 is 4.90 Å². The lowest BCUT2D eigenvalue weighted by Crippen LogP contribution is -2.48. The standard InChI is InChI=1S/C18H20ClFN2O2S/c1-13-3-4-15(12-17(13)19)21-7-9-22(10-8-21)25(23,24)16-5-6-18(20)14(2)11-16/h3-6,11-12H,7-10H2,1-2H3. The molecule has 2 aromatic rings. The van der Waals surface area contributed by atoms with Crippen LogP contribution in [0.5, 0.6) is 0 Å². The largest absolute Gasteiger partial charge is 0.369 e. The highest BCUT2D eigenvalue weighted by molar-refractivity contribution is 7.89. The van der Waals surface area contributed by atoms with Gasteiger partial charge in [-0.3, -0.25) is 0 Å². The predicted molar refractivity (Wildman–Crippen MR) is 98.3 cm³/mol. The van der Waals surface area contributed by atoms with E-state index < -0.39 is 15.8 Å². The van der Waals surface area contributed by atoms with E-state index in [-0.39, 0.29) is 4.90 Å². The van der Waals surface area contributed by atoms with Crippen LogP contribution in [-0.2, 0) is 10.0 Å². The molecule has 0 amide bonds. The van der Waals surface area contributed by atoms with Gasteiger partial charge in [0.05, 0.1) is 4.90 Å². The van der Waals surface area contributed by atoms with Gasteiger partial charge in [0.1, 0.15) is 5.82 Å². The lowest BCUT2D eigenvalue weighted by Gasteiger charge is -2.35. The van der Waals surface area contributed by atoms with Crippen LogP contribution in [0.3, 0.4) is 0 Å². The molecule has 2 aromatic carbocycles. The SMILES string of the molecule is Cc1cc(S(=O)(=O)N2CCN(c3ccc(C)c(Cl)c3)CC2)ccc1F. The predicted octanol–water partition coefficient (Wildman–Crippen LogP) is 3.61. The summed E-state index contributed by atoms with van der Waals surface area (Å²) in [4.78, 5) is 2.26. The molecule has 0 spiro atoms. The first-order valence-electron chi connectivity index (χ1n) is 8.06. The highest BCUT2D eigenvalue weighted by atomic mass is 35.5. The van der Waals surface area contributed by atoms with E-state index in [2.05, 4.69) is 4.90 Å². The maximum atomic E-state index is 13.4. The fraction of sp³-hybridized carbons (Fsp3) is 0.333. The van der Waals surface area contributed by atoms with Gasteiger partial charge in [-0.2, -0.15) is 4.31 Å². The maximum Gasteiger partial charge on any atom is 0.243 e.